The molecular weight excluding hydrogens is 202 g/mol. The largest absolute Gasteiger partial charge is 0.248 e. The zero-order chi connectivity index (χ0) is 9.68. The molecule has 0 aliphatic heterocycles. The van der Waals surface area contributed by atoms with E-state index in [0.29, 0.717) is 5.02 Å². The van der Waals surface area contributed by atoms with Crippen molar-refractivity contribution >= 4 is 23.4 Å². The first kappa shape index (κ1) is 10.9. The average Bonchev–Trinajstić information content (AvgIpc) is 2.16. The molecule has 0 radical (unpaired) electrons. The zero-order valence-electron chi connectivity index (χ0n) is 7.96. The first-order valence-corrected chi connectivity index (χ1v) is 5.83. The van der Waals surface area contributed by atoms with Gasteiger partial charge in [0, 0.05) is 11.9 Å². The smallest absolute Gasteiger partial charge is 0.0961 e. The van der Waals surface area contributed by atoms with Gasteiger partial charge in [0.2, 0.25) is 0 Å². The van der Waals surface area contributed by atoms with E-state index in [1.807, 2.05) is 12.1 Å². The fourth-order valence-electron chi connectivity index (χ4n) is 0.793. The number of aromatic nitrogens is 1. The molecule has 1 atom stereocenters. The SMILES string of the molecule is CCC(C)CSc1ccc(Cl)cn1. The summed E-state index contributed by atoms with van der Waals surface area (Å²) in [6.45, 7) is 4.46. The summed E-state index contributed by atoms with van der Waals surface area (Å²) < 4.78 is 0. The lowest BCUT2D eigenvalue weighted by molar-refractivity contribution is 0.636. The van der Waals surface area contributed by atoms with Crippen LogP contribution in [0.4, 0.5) is 0 Å². The number of hydrogen-bond acceptors (Lipinski definition) is 2. The molecule has 0 aromatic carbocycles. The molecule has 13 heavy (non-hydrogen) atoms. The Kier molecular flexibility index (Phi) is 4.60. The van der Waals surface area contributed by atoms with Crippen LogP contribution in [0.2, 0.25) is 5.02 Å². The summed E-state index contributed by atoms with van der Waals surface area (Å²) in [5.41, 5.74) is 0. The average molecular weight is 216 g/mol. The lowest BCUT2D eigenvalue weighted by Crippen LogP contribution is -1.95. The fourth-order valence-corrected chi connectivity index (χ4v) is 1.89. The van der Waals surface area contributed by atoms with Gasteiger partial charge in [0.15, 0.2) is 0 Å². The number of pyridine rings is 1. The van der Waals surface area contributed by atoms with Gasteiger partial charge in [0.1, 0.15) is 0 Å². The Morgan fingerprint density at radius 2 is 2.31 bits per heavy atom. The van der Waals surface area contributed by atoms with Gasteiger partial charge >= 0.3 is 0 Å². The molecule has 1 aromatic rings. The Morgan fingerprint density at radius 1 is 1.54 bits per heavy atom. The molecule has 0 N–H and O–H groups in total. The summed E-state index contributed by atoms with van der Waals surface area (Å²) in [5, 5.41) is 1.76. The Balaban J connectivity index is 2.41. The van der Waals surface area contributed by atoms with Crippen molar-refractivity contribution in [3.8, 4) is 0 Å². The van der Waals surface area contributed by atoms with Gasteiger partial charge < -0.3 is 0 Å². The molecule has 1 nitrogen and oxygen atoms in total. The third kappa shape index (κ3) is 4.01. The molecule has 1 heterocycles. The van der Waals surface area contributed by atoms with Crippen molar-refractivity contribution in [2.45, 2.75) is 25.3 Å². The maximum Gasteiger partial charge on any atom is 0.0961 e. The van der Waals surface area contributed by atoms with Gasteiger partial charge in [0.05, 0.1) is 10.0 Å². The van der Waals surface area contributed by atoms with Crippen molar-refractivity contribution in [2.24, 2.45) is 5.92 Å². The molecule has 0 amide bonds. The molecule has 0 aliphatic rings. The molecule has 0 aliphatic carbocycles. The van der Waals surface area contributed by atoms with Crippen molar-refractivity contribution < 1.29 is 0 Å². The highest BCUT2D eigenvalue weighted by Crippen LogP contribution is 2.20. The minimum Gasteiger partial charge on any atom is -0.248 e. The van der Waals surface area contributed by atoms with E-state index < -0.39 is 0 Å². The van der Waals surface area contributed by atoms with Crippen LogP contribution in [0, 0.1) is 5.92 Å². The summed E-state index contributed by atoms with van der Waals surface area (Å²) in [5.74, 6) is 1.88. The number of hydrogen-bond donors (Lipinski definition) is 0. The maximum absolute atomic E-state index is 5.73. The van der Waals surface area contributed by atoms with Gasteiger partial charge in [-0.1, -0.05) is 31.9 Å². The molecule has 1 aromatic heterocycles. The van der Waals surface area contributed by atoms with Crippen LogP contribution >= 0.6 is 23.4 Å². The molecule has 0 saturated heterocycles. The highest BCUT2D eigenvalue weighted by Gasteiger charge is 2.00. The van der Waals surface area contributed by atoms with Gasteiger partial charge in [-0.05, 0) is 18.1 Å². The minimum atomic E-state index is 0.702. The van der Waals surface area contributed by atoms with Crippen molar-refractivity contribution in [3.63, 3.8) is 0 Å². The second-order valence-corrected chi connectivity index (χ2v) is 4.62. The topological polar surface area (TPSA) is 12.9 Å². The van der Waals surface area contributed by atoms with E-state index in [-0.39, 0.29) is 0 Å². The lowest BCUT2D eigenvalue weighted by Gasteiger charge is -2.06. The van der Waals surface area contributed by atoms with Gasteiger partial charge in [-0.15, -0.1) is 11.8 Å². The summed E-state index contributed by atoms with van der Waals surface area (Å²) in [7, 11) is 0. The Morgan fingerprint density at radius 3 is 2.85 bits per heavy atom. The third-order valence-corrected chi connectivity index (χ3v) is 3.41. The van der Waals surface area contributed by atoms with E-state index in [1.54, 1.807) is 18.0 Å². The third-order valence-electron chi connectivity index (χ3n) is 1.91. The highest BCUT2D eigenvalue weighted by molar-refractivity contribution is 7.99. The maximum atomic E-state index is 5.73. The monoisotopic (exact) mass is 215 g/mol. The van der Waals surface area contributed by atoms with Gasteiger partial charge in [-0.3, -0.25) is 0 Å². The first-order valence-electron chi connectivity index (χ1n) is 4.46. The van der Waals surface area contributed by atoms with Crippen molar-refractivity contribution in [1.29, 1.82) is 0 Å². The highest BCUT2D eigenvalue weighted by atomic mass is 35.5. The molecule has 72 valence electrons. The molecule has 1 rings (SSSR count). The van der Waals surface area contributed by atoms with Crippen LogP contribution in [0.1, 0.15) is 20.3 Å². The van der Waals surface area contributed by atoms with E-state index in [9.17, 15) is 0 Å². The van der Waals surface area contributed by atoms with Crippen LogP contribution in [-0.4, -0.2) is 10.7 Å². The van der Waals surface area contributed by atoms with Crippen molar-refractivity contribution in [2.75, 3.05) is 5.75 Å². The van der Waals surface area contributed by atoms with Crippen LogP contribution in [0.3, 0.4) is 0 Å². The van der Waals surface area contributed by atoms with E-state index in [2.05, 4.69) is 18.8 Å². The second kappa shape index (κ2) is 5.51. The molecule has 0 spiro atoms. The standard InChI is InChI=1S/C10H14ClNS/c1-3-8(2)7-13-10-5-4-9(11)6-12-10/h4-6,8H,3,7H2,1-2H3. The second-order valence-electron chi connectivity index (χ2n) is 3.14. The van der Waals surface area contributed by atoms with Gasteiger partial charge in [0.25, 0.3) is 0 Å². The van der Waals surface area contributed by atoms with Crippen LogP contribution in [0.25, 0.3) is 0 Å². The van der Waals surface area contributed by atoms with Crippen molar-refractivity contribution in [3.05, 3.63) is 23.4 Å². The first-order chi connectivity index (χ1) is 6.22. The Bertz CT molecular complexity index is 248. The van der Waals surface area contributed by atoms with E-state index >= 15 is 0 Å². The minimum absolute atomic E-state index is 0.702. The molecule has 3 heteroatoms. The van der Waals surface area contributed by atoms with E-state index in [4.69, 9.17) is 11.6 Å². The normalized spacial score (nSPS) is 12.8. The van der Waals surface area contributed by atoms with Crippen LogP contribution in [0.5, 0.6) is 0 Å². The quantitative estimate of drug-likeness (QED) is 0.708. The number of rotatable bonds is 4. The summed E-state index contributed by atoms with van der Waals surface area (Å²) in [6, 6.07) is 3.85. The number of thioether (sulfide) groups is 1. The van der Waals surface area contributed by atoms with Crippen LogP contribution in [-0.2, 0) is 0 Å². The van der Waals surface area contributed by atoms with E-state index in [0.717, 1.165) is 16.7 Å². The summed E-state index contributed by atoms with van der Waals surface area (Å²) >= 11 is 7.52. The molecule has 0 saturated carbocycles. The Hall–Kier alpha value is -0.210. The fraction of sp³-hybridized carbons (Fsp3) is 0.500. The van der Waals surface area contributed by atoms with Gasteiger partial charge in [-0.2, -0.15) is 0 Å². The number of halogens is 1. The Labute approximate surface area is 88.9 Å². The summed E-state index contributed by atoms with van der Waals surface area (Å²) in [4.78, 5) is 4.22. The predicted octanol–water partition coefficient (Wildman–Crippen LogP) is 3.87. The van der Waals surface area contributed by atoms with Crippen molar-refractivity contribution in [1.82, 2.24) is 4.98 Å². The van der Waals surface area contributed by atoms with Gasteiger partial charge in [-0.25, -0.2) is 4.98 Å². The molecule has 0 fully saturated rings. The molecular formula is C10H14ClNS. The zero-order valence-corrected chi connectivity index (χ0v) is 9.53. The van der Waals surface area contributed by atoms with Crippen LogP contribution < -0.4 is 0 Å². The molecule has 1 unspecified atom stereocenters. The predicted molar refractivity (Wildman–Crippen MR) is 59.4 cm³/mol. The van der Waals surface area contributed by atoms with Crippen LogP contribution in [0.15, 0.2) is 23.4 Å². The lowest BCUT2D eigenvalue weighted by atomic mass is 10.2. The molecule has 0 bridgehead atoms. The summed E-state index contributed by atoms with van der Waals surface area (Å²) in [6.07, 6.45) is 2.92. The van der Waals surface area contributed by atoms with E-state index in [1.165, 1.54) is 6.42 Å². The number of nitrogens with zero attached hydrogens (tertiary/aromatic N) is 1.